The van der Waals surface area contributed by atoms with Crippen LogP contribution in [0.2, 0.25) is 0 Å². The van der Waals surface area contributed by atoms with Crippen LogP contribution in [0.1, 0.15) is 0 Å². The first-order valence-electron chi connectivity index (χ1n) is 6.11. The molecule has 0 spiro atoms. The van der Waals surface area contributed by atoms with E-state index in [-0.39, 0.29) is 12.4 Å². The molecule has 0 aromatic heterocycles. The second kappa shape index (κ2) is 8.76. The molecule has 1 unspecified atom stereocenters. The van der Waals surface area contributed by atoms with E-state index in [0.717, 1.165) is 36.5 Å². The van der Waals surface area contributed by atoms with E-state index in [4.69, 9.17) is 9.47 Å². The molecular formula is C13H19BrClNO3. The van der Waals surface area contributed by atoms with E-state index in [2.05, 4.69) is 20.8 Å². The van der Waals surface area contributed by atoms with E-state index in [1.54, 1.807) is 0 Å². The summed E-state index contributed by atoms with van der Waals surface area (Å²) in [6.07, 6.45) is -0.477. The van der Waals surface area contributed by atoms with Crippen molar-refractivity contribution in [2.45, 2.75) is 6.10 Å². The zero-order valence-electron chi connectivity index (χ0n) is 10.6. The number of halogens is 2. The second-order valence-electron chi connectivity index (χ2n) is 4.31. The Balaban J connectivity index is 0.00000180. The number of para-hydroxylation sites is 1. The van der Waals surface area contributed by atoms with Gasteiger partial charge in [0.25, 0.3) is 0 Å². The summed E-state index contributed by atoms with van der Waals surface area (Å²) in [5, 5.41) is 9.93. The molecule has 108 valence electrons. The standard InChI is InChI=1S/C13H18BrNO3.ClH/c14-12-3-1-2-4-13(12)18-10-11(16)9-15-5-7-17-8-6-15;/h1-4,11,16H,5-10H2;1H. The quantitative estimate of drug-likeness (QED) is 0.879. The van der Waals surface area contributed by atoms with Crippen LogP contribution in [0.25, 0.3) is 0 Å². The van der Waals surface area contributed by atoms with Gasteiger partial charge < -0.3 is 14.6 Å². The Kier molecular flexibility index (Phi) is 7.71. The summed E-state index contributed by atoms with van der Waals surface area (Å²) in [5.41, 5.74) is 0. The number of rotatable bonds is 5. The normalized spacial score (nSPS) is 17.6. The highest BCUT2D eigenvalue weighted by atomic mass is 79.9. The van der Waals surface area contributed by atoms with Crippen LogP contribution in [0.5, 0.6) is 5.75 Å². The highest BCUT2D eigenvalue weighted by Crippen LogP contribution is 2.23. The maximum Gasteiger partial charge on any atom is 0.133 e. The van der Waals surface area contributed by atoms with Crippen molar-refractivity contribution in [3.8, 4) is 5.75 Å². The predicted octanol–water partition coefficient (Wildman–Crippen LogP) is 1.94. The third kappa shape index (κ3) is 5.67. The van der Waals surface area contributed by atoms with E-state index in [1.165, 1.54) is 0 Å². The molecule has 1 atom stereocenters. The Bertz CT molecular complexity index is 375. The van der Waals surface area contributed by atoms with E-state index < -0.39 is 6.10 Å². The first kappa shape index (κ1) is 16.7. The van der Waals surface area contributed by atoms with Gasteiger partial charge in [-0.3, -0.25) is 4.90 Å². The van der Waals surface area contributed by atoms with Gasteiger partial charge in [-0.1, -0.05) is 12.1 Å². The summed E-state index contributed by atoms with van der Waals surface area (Å²) in [5.74, 6) is 0.763. The molecule has 1 aliphatic rings. The van der Waals surface area contributed by atoms with Crippen molar-refractivity contribution in [3.05, 3.63) is 28.7 Å². The summed E-state index contributed by atoms with van der Waals surface area (Å²) in [6.45, 7) is 4.20. The van der Waals surface area contributed by atoms with Crippen molar-refractivity contribution >= 4 is 28.3 Å². The van der Waals surface area contributed by atoms with Gasteiger partial charge in [0.05, 0.1) is 17.7 Å². The maximum atomic E-state index is 9.93. The van der Waals surface area contributed by atoms with Crippen LogP contribution in [0, 0.1) is 0 Å². The molecule has 0 saturated carbocycles. The zero-order chi connectivity index (χ0) is 12.8. The Labute approximate surface area is 128 Å². The molecule has 1 fully saturated rings. The largest absolute Gasteiger partial charge is 0.490 e. The highest BCUT2D eigenvalue weighted by Gasteiger charge is 2.15. The fourth-order valence-corrected chi connectivity index (χ4v) is 2.28. The van der Waals surface area contributed by atoms with Crippen LogP contribution in [0.4, 0.5) is 0 Å². The predicted molar refractivity (Wildman–Crippen MR) is 80.2 cm³/mol. The zero-order valence-corrected chi connectivity index (χ0v) is 13.0. The number of nitrogens with zero attached hydrogens (tertiary/aromatic N) is 1. The Morgan fingerprint density at radius 3 is 2.68 bits per heavy atom. The highest BCUT2D eigenvalue weighted by molar-refractivity contribution is 9.10. The lowest BCUT2D eigenvalue weighted by Gasteiger charge is -2.28. The number of aliphatic hydroxyl groups is 1. The lowest BCUT2D eigenvalue weighted by molar-refractivity contribution is 0.00459. The molecule has 0 amide bonds. The van der Waals surface area contributed by atoms with Gasteiger partial charge >= 0.3 is 0 Å². The number of aliphatic hydroxyl groups excluding tert-OH is 1. The summed E-state index contributed by atoms with van der Waals surface area (Å²) < 4.78 is 11.8. The molecule has 1 N–H and O–H groups in total. The number of hydrogen-bond donors (Lipinski definition) is 1. The first-order valence-corrected chi connectivity index (χ1v) is 6.90. The fraction of sp³-hybridized carbons (Fsp3) is 0.538. The van der Waals surface area contributed by atoms with Crippen LogP contribution in [-0.2, 0) is 4.74 Å². The second-order valence-corrected chi connectivity index (χ2v) is 5.16. The number of hydrogen-bond acceptors (Lipinski definition) is 4. The van der Waals surface area contributed by atoms with Crippen molar-refractivity contribution in [3.63, 3.8) is 0 Å². The first-order chi connectivity index (χ1) is 8.75. The lowest BCUT2D eigenvalue weighted by Crippen LogP contribution is -2.42. The summed E-state index contributed by atoms with van der Waals surface area (Å²) >= 11 is 3.41. The molecule has 1 saturated heterocycles. The molecular weight excluding hydrogens is 334 g/mol. The van der Waals surface area contributed by atoms with E-state index in [1.807, 2.05) is 24.3 Å². The van der Waals surface area contributed by atoms with Crippen LogP contribution in [0.15, 0.2) is 28.7 Å². The van der Waals surface area contributed by atoms with Crippen molar-refractivity contribution in [1.82, 2.24) is 4.90 Å². The minimum Gasteiger partial charge on any atom is -0.490 e. The maximum absolute atomic E-state index is 9.93. The third-order valence-corrected chi connectivity index (χ3v) is 3.50. The van der Waals surface area contributed by atoms with Gasteiger partial charge in [0.15, 0.2) is 0 Å². The smallest absolute Gasteiger partial charge is 0.133 e. The number of benzene rings is 1. The number of β-amino-alcohol motifs (C(OH)–C–C–N with tert-alkyl or cyclic N) is 1. The monoisotopic (exact) mass is 351 g/mol. The Morgan fingerprint density at radius 1 is 1.32 bits per heavy atom. The molecule has 1 aliphatic heterocycles. The molecule has 6 heteroatoms. The average molecular weight is 353 g/mol. The molecule has 1 aromatic carbocycles. The molecule has 0 aliphatic carbocycles. The minimum absolute atomic E-state index is 0. The van der Waals surface area contributed by atoms with Gasteiger partial charge in [-0.15, -0.1) is 12.4 Å². The molecule has 2 rings (SSSR count). The molecule has 1 heterocycles. The van der Waals surface area contributed by atoms with Gasteiger partial charge in [-0.05, 0) is 28.1 Å². The SMILES string of the molecule is Cl.OC(COc1ccccc1Br)CN1CCOCC1. The average Bonchev–Trinajstić information content (AvgIpc) is 2.39. The molecule has 19 heavy (non-hydrogen) atoms. The van der Waals surface area contributed by atoms with Crippen LogP contribution in [0.3, 0.4) is 0 Å². The van der Waals surface area contributed by atoms with Gasteiger partial charge in [-0.25, -0.2) is 0 Å². The Morgan fingerprint density at radius 2 is 2.00 bits per heavy atom. The Hall–Kier alpha value is -0.330. The topological polar surface area (TPSA) is 41.9 Å². The lowest BCUT2D eigenvalue weighted by atomic mass is 10.3. The molecule has 1 aromatic rings. The fourth-order valence-electron chi connectivity index (χ4n) is 1.88. The summed E-state index contributed by atoms with van der Waals surface area (Å²) in [4.78, 5) is 2.19. The number of morpholine rings is 1. The van der Waals surface area contributed by atoms with E-state index in [0.29, 0.717) is 13.2 Å². The molecule has 4 nitrogen and oxygen atoms in total. The van der Waals surface area contributed by atoms with Crippen molar-refractivity contribution < 1.29 is 14.6 Å². The van der Waals surface area contributed by atoms with Gasteiger partial charge in [0, 0.05) is 19.6 Å². The summed E-state index contributed by atoms with van der Waals surface area (Å²) in [6, 6.07) is 7.64. The van der Waals surface area contributed by atoms with Crippen molar-refractivity contribution in [2.75, 3.05) is 39.5 Å². The van der Waals surface area contributed by atoms with Crippen LogP contribution in [-0.4, -0.2) is 55.6 Å². The molecule has 0 bridgehead atoms. The molecule has 0 radical (unpaired) electrons. The van der Waals surface area contributed by atoms with E-state index >= 15 is 0 Å². The van der Waals surface area contributed by atoms with E-state index in [9.17, 15) is 5.11 Å². The van der Waals surface area contributed by atoms with Crippen LogP contribution >= 0.6 is 28.3 Å². The summed E-state index contributed by atoms with van der Waals surface area (Å²) in [7, 11) is 0. The van der Waals surface area contributed by atoms with Gasteiger partial charge in [-0.2, -0.15) is 0 Å². The van der Waals surface area contributed by atoms with Crippen molar-refractivity contribution in [1.29, 1.82) is 0 Å². The third-order valence-electron chi connectivity index (χ3n) is 2.84. The number of ether oxygens (including phenoxy) is 2. The van der Waals surface area contributed by atoms with Crippen molar-refractivity contribution in [2.24, 2.45) is 0 Å². The van der Waals surface area contributed by atoms with Crippen LogP contribution < -0.4 is 4.74 Å². The minimum atomic E-state index is -0.477. The van der Waals surface area contributed by atoms with Gasteiger partial charge in [0.1, 0.15) is 18.5 Å². The van der Waals surface area contributed by atoms with Gasteiger partial charge in [0.2, 0.25) is 0 Å².